The molecule has 0 aromatic heterocycles. The molecule has 2 heterocycles. The van der Waals surface area contributed by atoms with Gasteiger partial charge in [0.2, 0.25) is 5.91 Å². The van der Waals surface area contributed by atoms with Crippen LogP contribution in [0.5, 0.6) is 0 Å². The predicted molar refractivity (Wildman–Crippen MR) is 88.7 cm³/mol. The molecule has 0 saturated carbocycles. The van der Waals surface area contributed by atoms with Gasteiger partial charge in [-0.2, -0.15) is 17.0 Å². The summed E-state index contributed by atoms with van der Waals surface area (Å²) >= 11 is 0. The average molecular weight is 342 g/mol. The normalized spacial score (nSPS) is 22.6. The molecule has 2 saturated heterocycles. The maximum Gasteiger partial charge on any atom is 0.282 e. The van der Waals surface area contributed by atoms with Crippen molar-refractivity contribution in [2.24, 2.45) is 5.92 Å². The lowest BCUT2D eigenvalue weighted by molar-refractivity contribution is -0.122. The van der Waals surface area contributed by atoms with Crippen LogP contribution < -0.4 is 5.32 Å². The number of carbonyl (C=O) groups excluding carboxylic acids is 1. The molecule has 2 aliphatic heterocycles. The zero-order valence-electron chi connectivity index (χ0n) is 13.7. The fourth-order valence-electron chi connectivity index (χ4n) is 2.91. The van der Waals surface area contributed by atoms with E-state index < -0.39 is 10.2 Å². The Labute approximate surface area is 139 Å². The van der Waals surface area contributed by atoms with Crippen LogP contribution in [0.3, 0.4) is 0 Å². The van der Waals surface area contributed by atoms with Crippen molar-refractivity contribution >= 4 is 16.1 Å². The van der Waals surface area contributed by atoms with Gasteiger partial charge in [0.1, 0.15) is 0 Å². The maximum atomic E-state index is 12.6. The highest BCUT2D eigenvalue weighted by atomic mass is 32.2. The first-order valence-corrected chi connectivity index (χ1v) is 9.51. The van der Waals surface area contributed by atoms with Crippen LogP contribution in [-0.2, 0) is 15.0 Å². The number of nitrogens with zero attached hydrogens (tertiary/aromatic N) is 3. The SMILES string of the molecule is C#CCNC(=O)CN1CCN(S(=O)(=O)N2CCC(C)CC2)CC1. The number of terminal acetylenes is 1. The number of piperazine rings is 1. The summed E-state index contributed by atoms with van der Waals surface area (Å²) in [7, 11) is -3.36. The van der Waals surface area contributed by atoms with Gasteiger partial charge < -0.3 is 5.32 Å². The third kappa shape index (κ3) is 4.91. The largest absolute Gasteiger partial charge is 0.344 e. The standard InChI is InChI=1S/C15H26N4O3S/c1-3-6-16-15(20)13-17-9-11-19(12-10-17)23(21,22)18-7-4-14(2)5-8-18/h1,14H,4-13H2,2H3,(H,16,20). The molecular weight excluding hydrogens is 316 g/mol. The van der Waals surface area contributed by atoms with Crippen LogP contribution >= 0.6 is 0 Å². The number of amides is 1. The summed E-state index contributed by atoms with van der Waals surface area (Å²) in [6, 6.07) is 0. The van der Waals surface area contributed by atoms with Crippen molar-refractivity contribution < 1.29 is 13.2 Å². The van der Waals surface area contributed by atoms with Crippen LogP contribution in [0.25, 0.3) is 0 Å². The fourth-order valence-corrected chi connectivity index (χ4v) is 4.53. The van der Waals surface area contributed by atoms with Gasteiger partial charge in [-0.1, -0.05) is 12.8 Å². The Morgan fingerprint density at radius 3 is 2.26 bits per heavy atom. The first kappa shape index (κ1) is 18.2. The second-order valence-electron chi connectivity index (χ2n) is 6.25. The molecule has 0 bridgehead atoms. The first-order chi connectivity index (χ1) is 10.9. The highest BCUT2D eigenvalue weighted by molar-refractivity contribution is 7.86. The van der Waals surface area contributed by atoms with E-state index in [1.807, 2.05) is 4.90 Å². The van der Waals surface area contributed by atoms with Crippen LogP contribution in [0.2, 0.25) is 0 Å². The molecule has 2 aliphatic rings. The minimum Gasteiger partial charge on any atom is -0.344 e. The monoisotopic (exact) mass is 342 g/mol. The smallest absolute Gasteiger partial charge is 0.282 e. The highest BCUT2D eigenvalue weighted by Gasteiger charge is 2.34. The lowest BCUT2D eigenvalue weighted by Crippen LogP contribution is -2.55. The molecule has 8 heteroatoms. The number of rotatable bonds is 5. The predicted octanol–water partition coefficient (Wildman–Crippen LogP) is -0.670. The molecule has 7 nitrogen and oxygen atoms in total. The van der Waals surface area contributed by atoms with Gasteiger partial charge in [0.15, 0.2) is 0 Å². The number of nitrogens with one attached hydrogen (secondary N) is 1. The molecule has 0 spiro atoms. The first-order valence-electron chi connectivity index (χ1n) is 8.11. The molecule has 1 amide bonds. The van der Waals surface area contributed by atoms with Crippen LogP contribution in [0, 0.1) is 18.3 Å². The lowest BCUT2D eigenvalue weighted by Gasteiger charge is -2.38. The Kier molecular flexibility index (Phi) is 6.41. The van der Waals surface area contributed by atoms with Gasteiger partial charge in [-0.3, -0.25) is 9.69 Å². The Hall–Kier alpha value is -1.14. The maximum absolute atomic E-state index is 12.6. The molecule has 0 unspecified atom stereocenters. The van der Waals surface area contributed by atoms with Crippen molar-refractivity contribution in [1.29, 1.82) is 0 Å². The van der Waals surface area contributed by atoms with E-state index in [1.54, 1.807) is 8.61 Å². The molecular formula is C15H26N4O3S. The molecule has 2 fully saturated rings. The van der Waals surface area contributed by atoms with Crippen molar-refractivity contribution in [3.8, 4) is 12.3 Å². The van der Waals surface area contributed by atoms with E-state index in [2.05, 4.69) is 18.2 Å². The van der Waals surface area contributed by atoms with Gasteiger partial charge in [0.25, 0.3) is 10.2 Å². The summed E-state index contributed by atoms with van der Waals surface area (Å²) in [5.74, 6) is 2.83. The molecule has 0 radical (unpaired) electrons. The summed E-state index contributed by atoms with van der Waals surface area (Å²) in [4.78, 5) is 13.6. The molecule has 1 N–H and O–H groups in total. The molecule has 2 rings (SSSR count). The molecule has 0 aromatic carbocycles. The van der Waals surface area contributed by atoms with Crippen LogP contribution in [0.15, 0.2) is 0 Å². The number of hydrogen-bond acceptors (Lipinski definition) is 4. The average Bonchev–Trinajstić information content (AvgIpc) is 2.54. The van der Waals surface area contributed by atoms with Crippen molar-refractivity contribution in [2.75, 3.05) is 52.4 Å². The lowest BCUT2D eigenvalue weighted by atomic mass is 10.0. The zero-order valence-corrected chi connectivity index (χ0v) is 14.5. The van der Waals surface area contributed by atoms with E-state index in [0.717, 1.165) is 12.8 Å². The van der Waals surface area contributed by atoms with Gasteiger partial charge in [0, 0.05) is 39.3 Å². The summed E-state index contributed by atoms with van der Waals surface area (Å²) in [6.45, 7) is 5.84. The second kappa shape index (κ2) is 8.11. The molecule has 0 atom stereocenters. The van der Waals surface area contributed by atoms with Crippen LogP contribution in [0.1, 0.15) is 19.8 Å². The summed E-state index contributed by atoms with van der Waals surface area (Å²) in [5.41, 5.74) is 0. The minimum atomic E-state index is -3.36. The van der Waals surface area contributed by atoms with Gasteiger partial charge in [-0.05, 0) is 18.8 Å². The molecule has 0 aliphatic carbocycles. The quantitative estimate of drug-likeness (QED) is 0.673. The van der Waals surface area contributed by atoms with Gasteiger partial charge >= 0.3 is 0 Å². The van der Waals surface area contributed by atoms with E-state index in [0.29, 0.717) is 45.2 Å². The minimum absolute atomic E-state index is 0.121. The molecule has 23 heavy (non-hydrogen) atoms. The Balaban J connectivity index is 1.81. The van der Waals surface area contributed by atoms with Crippen molar-refractivity contribution in [3.05, 3.63) is 0 Å². The fraction of sp³-hybridized carbons (Fsp3) is 0.800. The molecule has 130 valence electrons. The van der Waals surface area contributed by atoms with Crippen molar-refractivity contribution in [3.63, 3.8) is 0 Å². The van der Waals surface area contributed by atoms with Gasteiger partial charge in [-0.25, -0.2) is 0 Å². The summed E-state index contributed by atoms with van der Waals surface area (Å²) < 4.78 is 28.4. The van der Waals surface area contributed by atoms with Gasteiger partial charge in [0.05, 0.1) is 13.1 Å². The van der Waals surface area contributed by atoms with Crippen molar-refractivity contribution in [2.45, 2.75) is 19.8 Å². The summed E-state index contributed by atoms with van der Waals surface area (Å²) in [5, 5.41) is 2.62. The van der Waals surface area contributed by atoms with E-state index in [1.165, 1.54) is 0 Å². The third-order valence-electron chi connectivity index (χ3n) is 4.48. The van der Waals surface area contributed by atoms with E-state index in [4.69, 9.17) is 6.42 Å². The number of hydrogen-bond donors (Lipinski definition) is 1. The number of carbonyl (C=O) groups is 1. The number of piperidine rings is 1. The topological polar surface area (TPSA) is 73.0 Å². The van der Waals surface area contributed by atoms with Gasteiger partial charge in [-0.15, -0.1) is 6.42 Å². The van der Waals surface area contributed by atoms with E-state index in [9.17, 15) is 13.2 Å². The second-order valence-corrected chi connectivity index (χ2v) is 8.17. The van der Waals surface area contributed by atoms with Crippen LogP contribution in [0.4, 0.5) is 0 Å². The Bertz CT molecular complexity index is 542. The van der Waals surface area contributed by atoms with Crippen molar-refractivity contribution in [1.82, 2.24) is 18.8 Å². The van der Waals surface area contributed by atoms with E-state index in [-0.39, 0.29) is 19.0 Å². The molecule has 0 aromatic rings. The zero-order chi connectivity index (χ0) is 16.9. The highest BCUT2D eigenvalue weighted by Crippen LogP contribution is 2.21. The van der Waals surface area contributed by atoms with Crippen LogP contribution in [-0.4, -0.2) is 80.2 Å². The summed E-state index contributed by atoms with van der Waals surface area (Å²) in [6.07, 6.45) is 6.95. The Morgan fingerprint density at radius 2 is 1.70 bits per heavy atom. The third-order valence-corrected chi connectivity index (χ3v) is 6.52. The van der Waals surface area contributed by atoms with E-state index >= 15 is 0 Å². The Morgan fingerprint density at radius 1 is 1.13 bits per heavy atom.